The Morgan fingerprint density at radius 3 is 3.00 bits per heavy atom. The Kier molecular flexibility index (Phi) is 1.92. The van der Waals surface area contributed by atoms with Gasteiger partial charge in [-0.05, 0) is 19.3 Å². The molecule has 1 aromatic rings. The molecule has 0 aromatic heterocycles. The van der Waals surface area contributed by atoms with Gasteiger partial charge in [-0.2, -0.15) is 0 Å². The Labute approximate surface area is 101 Å². The number of rotatable bonds is 0. The molecule has 1 atom stereocenters. The van der Waals surface area contributed by atoms with Crippen molar-refractivity contribution in [3.05, 3.63) is 12.1 Å². The van der Waals surface area contributed by atoms with E-state index in [0.29, 0.717) is 12.8 Å². The van der Waals surface area contributed by atoms with Crippen molar-refractivity contribution in [1.82, 2.24) is 0 Å². The van der Waals surface area contributed by atoms with Crippen molar-refractivity contribution in [2.75, 3.05) is 30.1 Å². The summed E-state index contributed by atoms with van der Waals surface area (Å²) in [6.07, 6.45) is 3.94. The Morgan fingerprint density at radius 2 is 2.06 bits per heavy atom. The summed E-state index contributed by atoms with van der Waals surface area (Å²) in [6, 6.07) is 4.85. The summed E-state index contributed by atoms with van der Waals surface area (Å²) in [5.41, 5.74) is 2.47. The van der Waals surface area contributed by atoms with Crippen molar-refractivity contribution < 1.29 is 9.47 Å². The van der Waals surface area contributed by atoms with Gasteiger partial charge in [0, 0.05) is 31.3 Å². The molecule has 0 saturated carbocycles. The largest absolute Gasteiger partial charge is 0.454 e. The van der Waals surface area contributed by atoms with Gasteiger partial charge in [-0.15, -0.1) is 0 Å². The third kappa shape index (κ3) is 1.36. The second-order valence-electron chi connectivity index (χ2n) is 4.95. The van der Waals surface area contributed by atoms with Gasteiger partial charge < -0.3 is 19.7 Å². The van der Waals surface area contributed by atoms with Crippen LogP contribution in [0.4, 0.5) is 11.4 Å². The molecule has 0 aliphatic carbocycles. The average Bonchev–Trinajstić information content (AvgIpc) is 2.83. The molecular weight excluding hydrogens is 216 g/mol. The molecule has 1 aromatic carbocycles. The maximum Gasteiger partial charge on any atom is 0.231 e. The minimum atomic E-state index is 0.349. The number of fused-ring (bicyclic) bond motifs is 4. The van der Waals surface area contributed by atoms with E-state index < -0.39 is 0 Å². The number of nitrogens with one attached hydrogen (secondary N) is 1. The highest BCUT2D eigenvalue weighted by Crippen LogP contribution is 2.44. The van der Waals surface area contributed by atoms with Crippen LogP contribution in [0.3, 0.4) is 0 Å². The number of piperidine rings is 1. The lowest BCUT2D eigenvalue weighted by molar-refractivity contribution is 0.174. The van der Waals surface area contributed by atoms with Crippen molar-refractivity contribution in [2.45, 2.75) is 25.3 Å². The monoisotopic (exact) mass is 232 g/mol. The van der Waals surface area contributed by atoms with Crippen molar-refractivity contribution in [1.29, 1.82) is 0 Å². The Hall–Kier alpha value is -1.58. The maximum atomic E-state index is 5.47. The lowest BCUT2D eigenvalue weighted by Crippen LogP contribution is -2.46. The topological polar surface area (TPSA) is 33.7 Å². The average molecular weight is 232 g/mol. The van der Waals surface area contributed by atoms with Crippen LogP contribution in [0.1, 0.15) is 19.3 Å². The number of anilines is 2. The van der Waals surface area contributed by atoms with E-state index in [9.17, 15) is 0 Å². The van der Waals surface area contributed by atoms with Crippen molar-refractivity contribution >= 4 is 11.4 Å². The first-order chi connectivity index (χ1) is 8.42. The van der Waals surface area contributed by atoms with Gasteiger partial charge in [0.15, 0.2) is 11.5 Å². The van der Waals surface area contributed by atoms with Gasteiger partial charge in [-0.1, -0.05) is 0 Å². The van der Waals surface area contributed by atoms with Crippen LogP contribution in [0.5, 0.6) is 11.5 Å². The third-order valence-electron chi connectivity index (χ3n) is 3.96. The summed E-state index contributed by atoms with van der Waals surface area (Å²) in [4.78, 5) is 2.53. The van der Waals surface area contributed by atoms with E-state index in [2.05, 4.69) is 22.3 Å². The fraction of sp³-hybridized carbons (Fsp3) is 0.538. The van der Waals surface area contributed by atoms with E-state index in [1.807, 2.05) is 0 Å². The fourth-order valence-corrected chi connectivity index (χ4v) is 3.07. The first-order valence-electron chi connectivity index (χ1n) is 6.36. The minimum Gasteiger partial charge on any atom is -0.454 e. The van der Waals surface area contributed by atoms with Crippen LogP contribution in [0.2, 0.25) is 0 Å². The highest BCUT2D eigenvalue weighted by molar-refractivity contribution is 5.77. The molecule has 4 heteroatoms. The Balaban J connectivity index is 1.79. The van der Waals surface area contributed by atoms with Gasteiger partial charge in [-0.25, -0.2) is 0 Å². The van der Waals surface area contributed by atoms with E-state index >= 15 is 0 Å². The number of benzene rings is 1. The molecule has 0 spiro atoms. The van der Waals surface area contributed by atoms with E-state index in [1.165, 1.54) is 37.2 Å². The molecule has 1 N–H and O–H groups in total. The van der Waals surface area contributed by atoms with Crippen LogP contribution in [0.25, 0.3) is 0 Å². The zero-order valence-electron chi connectivity index (χ0n) is 9.74. The number of nitrogens with zero attached hydrogens (tertiary/aromatic N) is 1. The van der Waals surface area contributed by atoms with Gasteiger partial charge in [-0.3, -0.25) is 0 Å². The summed E-state index contributed by atoms with van der Waals surface area (Å²) in [6.45, 7) is 2.56. The van der Waals surface area contributed by atoms with Crippen LogP contribution in [-0.2, 0) is 0 Å². The van der Waals surface area contributed by atoms with Gasteiger partial charge in [0.1, 0.15) is 0 Å². The number of hydrogen-bond donors (Lipinski definition) is 1. The second kappa shape index (κ2) is 3.45. The first-order valence-corrected chi connectivity index (χ1v) is 6.36. The zero-order valence-corrected chi connectivity index (χ0v) is 9.74. The first kappa shape index (κ1) is 9.45. The molecule has 4 nitrogen and oxygen atoms in total. The summed E-state index contributed by atoms with van der Waals surface area (Å²) < 4.78 is 10.9. The predicted octanol–water partition coefficient (Wildman–Crippen LogP) is 2.20. The molecular formula is C13H16N2O2. The molecule has 0 radical (unpaired) electrons. The van der Waals surface area contributed by atoms with E-state index in [4.69, 9.17) is 9.47 Å². The molecule has 1 unspecified atom stereocenters. The summed E-state index contributed by atoms with van der Waals surface area (Å²) >= 11 is 0. The standard InChI is InChI=1S/C13H16N2O2/c1-2-4-15-9(3-1)7-14-10-5-12-13(6-11(10)15)17-8-16-12/h5-6,9,14H,1-4,7-8H2. The smallest absolute Gasteiger partial charge is 0.231 e. The maximum absolute atomic E-state index is 5.47. The highest BCUT2D eigenvalue weighted by atomic mass is 16.7. The lowest BCUT2D eigenvalue weighted by Gasteiger charge is -2.42. The van der Waals surface area contributed by atoms with Crippen LogP contribution >= 0.6 is 0 Å². The molecule has 1 fully saturated rings. The summed E-state index contributed by atoms with van der Waals surface area (Å²) in [5, 5.41) is 3.51. The Bertz CT molecular complexity index is 461. The third-order valence-corrected chi connectivity index (χ3v) is 3.96. The van der Waals surface area contributed by atoms with Gasteiger partial charge in [0.2, 0.25) is 6.79 Å². The van der Waals surface area contributed by atoms with Crippen molar-refractivity contribution in [2.24, 2.45) is 0 Å². The number of hydrogen-bond acceptors (Lipinski definition) is 4. The molecule has 90 valence electrons. The summed E-state index contributed by atoms with van der Waals surface area (Å²) in [5.74, 6) is 1.75. The van der Waals surface area contributed by atoms with Crippen molar-refractivity contribution in [3.8, 4) is 11.5 Å². The second-order valence-corrected chi connectivity index (χ2v) is 4.95. The van der Waals surface area contributed by atoms with Gasteiger partial charge in [0.05, 0.1) is 11.4 Å². The molecule has 3 heterocycles. The molecule has 3 aliphatic heterocycles. The van der Waals surface area contributed by atoms with E-state index in [1.54, 1.807) is 0 Å². The molecule has 1 saturated heterocycles. The van der Waals surface area contributed by atoms with Crippen LogP contribution < -0.4 is 19.7 Å². The molecule has 0 bridgehead atoms. The molecule has 3 aliphatic rings. The molecule has 4 rings (SSSR count). The molecule has 17 heavy (non-hydrogen) atoms. The fourth-order valence-electron chi connectivity index (χ4n) is 3.07. The van der Waals surface area contributed by atoms with Gasteiger partial charge >= 0.3 is 0 Å². The van der Waals surface area contributed by atoms with Crippen molar-refractivity contribution in [3.63, 3.8) is 0 Å². The zero-order chi connectivity index (χ0) is 11.2. The van der Waals surface area contributed by atoms with E-state index in [0.717, 1.165) is 18.0 Å². The predicted molar refractivity (Wildman–Crippen MR) is 66.0 cm³/mol. The SMILES string of the molecule is c1c2c(cc3c1OCO3)N1CCCCC1CN2. The normalized spacial score (nSPS) is 24.9. The quantitative estimate of drug-likeness (QED) is 0.743. The number of ether oxygens (including phenoxy) is 2. The Morgan fingerprint density at radius 1 is 1.18 bits per heavy atom. The van der Waals surface area contributed by atoms with Gasteiger partial charge in [0.25, 0.3) is 0 Å². The minimum absolute atomic E-state index is 0.349. The lowest BCUT2D eigenvalue weighted by atomic mass is 9.98. The van der Waals surface area contributed by atoms with Crippen LogP contribution in [0.15, 0.2) is 12.1 Å². The van der Waals surface area contributed by atoms with Crippen LogP contribution in [-0.4, -0.2) is 25.9 Å². The van der Waals surface area contributed by atoms with E-state index in [-0.39, 0.29) is 0 Å². The summed E-state index contributed by atoms with van der Waals surface area (Å²) in [7, 11) is 0. The molecule has 0 amide bonds. The van der Waals surface area contributed by atoms with Crippen LogP contribution in [0, 0.1) is 0 Å². The highest BCUT2D eigenvalue weighted by Gasteiger charge is 2.30.